The molecular formula is C13H17N5O3S. The van der Waals surface area contributed by atoms with Crippen molar-refractivity contribution in [2.45, 2.75) is 37.6 Å². The van der Waals surface area contributed by atoms with Gasteiger partial charge in [0.25, 0.3) is 10.0 Å². The molecule has 0 aliphatic carbocycles. The van der Waals surface area contributed by atoms with E-state index in [-0.39, 0.29) is 22.5 Å². The summed E-state index contributed by atoms with van der Waals surface area (Å²) < 4.78 is 34.7. The third-order valence-electron chi connectivity index (χ3n) is 3.40. The number of hydrogen-bond donors (Lipinski definition) is 1. The lowest BCUT2D eigenvalue weighted by molar-refractivity contribution is 0.224. The highest BCUT2D eigenvalue weighted by Crippen LogP contribution is 2.29. The summed E-state index contributed by atoms with van der Waals surface area (Å²) >= 11 is 0. The summed E-state index contributed by atoms with van der Waals surface area (Å²) in [7, 11) is -3.82. The molecule has 0 atom stereocenters. The van der Waals surface area contributed by atoms with E-state index in [2.05, 4.69) is 19.8 Å². The van der Waals surface area contributed by atoms with Crippen LogP contribution in [0.4, 0.5) is 5.82 Å². The van der Waals surface area contributed by atoms with E-state index in [4.69, 9.17) is 4.74 Å². The molecule has 3 heterocycles. The lowest BCUT2D eigenvalue weighted by Gasteiger charge is -2.17. The minimum Gasteiger partial charge on any atom is -0.477 e. The molecule has 0 amide bonds. The van der Waals surface area contributed by atoms with Gasteiger partial charge in [-0.25, -0.2) is 23.1 Å². The maximum Gasteiger partial charge on any atom is 0.270 e. The average molecular weight is 323 g/mol. The molecule has 0 saturated carbocycles. The zero-order valence-corrected chi connectivity index (χ0v) is 13.2. The van der Waals surface area contributed by atoms with Crippen LogP contribution < -0.4 is 9.46 Å². The Hall–Kier alpha value is -2.16. The molecule has 0 unspecified atom stereocenters. The van der Waals surface area contributed by atoms with E-state index in [9.17, 15) is 8.42 Å². The van der Waals surface area contributed by atoms with Crippen molar-refractivity contribution in [1.82, 2.24) is 19.7 Å². The van der Waals surface area contributed by atoms with Crippen molar-refractivity contribution < 1.29 is 13.2 Å². The summed E-state index contributed by atoms with van der Waals surface area (Å²) in [5, 5.41) is 4.06. The third-order valence-corrected chi connectivity index (χ3v) is 4.72. The molecule has 0 radical (unpaired) electrons. The number of aryl methyl sites for hydroxylation is 1. The van der Waals surface area contributed by atoms with Crippen LogP contribution in [0.5, 0.6) is 5.88 Å². The molecule has 3 rings (SSSR count). The van der Waals surface area contributed by atoms with Crippen LogP contribution in [0, 0.1) is 0 Å². The van der Waals surface area contributed by atoms with Gasteiger partial charge in [-0.05, 0) is 5.92 Å². The van der Waals surface area contributed by atoms with E-state index in [0.717, 1.165) is 12.0 Å². The minimum atomic E-state index is -3.82. The number of sulfonamides is 1. The van der Waals surface area contributed by atoms with Crippen LogP contribution in [0.3, 0.4) is 0 Å². The predicted molar refractivity (Wildman–Crippen MR) is 79.3 cm³/mol. The van der Waals surface area contributed by atoms with Gasteiger partial charge in [-0.3, -0.25) is 4.72 Å². The second-order valence-electron chi connectivity index (χ2n) is 5.33. The smallest absolute Gasteiger partial charge is 0.270 e. The fraction of sp³-hybridized carbons (Fsp3) is 0.462. The number of anilines is 1. The Balaban J connectivity index is 1.97. The molecule has 2 aromatic heterocycles. The van der Waals surface area contributed by atoms with Gasteiger partial charge in [0.1, 0.15) is 12.1 Å². The molecule has 1 aliphatic rings. The molecule has 0 fully saturated rings. The topological polar surface area (TPSA) is 99.0 Å². The Bertz CT molecular complexity index is 785. The molecular weight excluding hydrogens is 306 g/mol. The van der Waals surface area contributed by atoms with Crippen molar-refractivity contribution >= 4 is 15.8 Å². The summed E-state index contributed by atoms with van der Waals surface area (Å²) in [6, 6.07) is 0. The Labute approximate surface area is 128 Å². The predicted octanol–water partition coefficient (Wildman–Crippen LogP) is 1.38. The Morgan fingerprint density at radius 2 is 2.18 bits per heavy atom. The monoisotopic (exact) mass is 323 g/mol. The molecule has 1 N–H and O–H groups in total. The van der Waals surface area contributed by atoms with Crippen molar-refractivity contribution in [2.75, 3.05) is 11.3 Å². The SMILES string of the molecule is CC(C)c1cncnc1NS(=O)(=O)c1cnn2c1OCCC2. The first kappa shape index (κ1) is 14.8. The number of ether oxygens (including phenoxy) is 1. The highest BCUT2D eigenvalue weighted by molar-refractivity contribution is 7.92. The van der Waals surface area contributed by atoms with Crippen LogP contribution in [-0.2, 0) is 16.6 Å². The number of hydrogen-bond acceptors (Lipinski definition) is 6. The Morgan fingerprint density at radius 1 is 1.36 bits per heavy atom. The van der Waals surface area contributed by atoms with Crippen molar-refractivity contribution in [3.63, 3.8) is 0 Å². The quantitative estimate of drug-likeness (QED) is 0.912. The lowest BCUT2D eigenvalue weighted by Crippen LogP contribution is -2.19. The summed E-state index contributed by atoms with van der Waals surface area (Å²) in [6.45, 7) is 5.03. The summed E-state index contributed by atoms with van der Waals surface area (Å²) in [6.07, 6.45) is 5.04. The van der Waals surface area contributed by atoms with Gasteiger partial charge in [-0.1, -0.05) is 13.8 Å². The van der Waals surface area contributed by atoms with Gasteiger partial charge in [0.05, 0.1) is 12.8 Å². The first-order valence-corrected chi connectivity index (χ1v) is 8.48. The first-order valence-electron chi connectivity index (χ1n) is 7.00. The average Bonchev–Trinajstić information content (AvgIpc) is 2.92. The van der Waals surface area contributed by atoms with Crippen LogP contribution in [-0.4, -0.2) is 34.8 Å². The second kappa shape index (κ2) is 5.56. The van der Waals surface area contributed by atoms with Crippen molar-refractivity contribution in [3.05, 3.63) is 24.3 Å². The molecule has 8 nitrogen and oxygen atoms in total. The molecule has 0 bridgehead atoms. The van der Waals surface area contributed by atoms with E-state index < -0.39 is 10.0 Å². The summed E-state index contributed by atoms with van der Waals surface area (Å²) in [5.41, 5.74) is 0.730. The second-order valence-corrected chi connectivity index (χ2v) is 6.98. The normalized spacial score (nSPS) is 14.5. The van der Waals surface area contributed by atoms with E-state index in [1.54, 1.807) is 10.9 Å². The van der Waals surface area contributed by atoms with Gasteiger partial charge in [-0.2, -0.15) is 5.10 Å². The van der Waals surface area contributed by atoms with Crippen molar-refractivity contribution in [3.8, 4) is 5.88 Å². The standard InChI is InChI=1S/C13H17N5O3S/c1-9(2)10-6-14-8-15-12(10)17-22(19,20)11-7-16-18-4-3-5-21-13(11)18/h6-9H,3-5H2,1-2H3,(H,14,15,17). The van der Waals surface area contributed by atoms with E-state index >= 15 is 0 Å². The molecule has 2 aromatic rings. The fourth-order valence-electron chi connectivity index (χ4n) is 2.26. The number of nitrogens with one attached hydrogen (secondary N) is 1. The summed E-state index contributed by atoms with van der Waals surface area (Å²) in [5.74, 6) is 0.649. The van der Waals surface area contributed by atoms with Crippen molar-refractivity contribution in [2.24, 2.45) is 0 Å². The molecule has 9 heteroatoms. The molecule has 118 valence electrons. The van der Waals surface area contributed by atoms with Crippen LogP contribution in [0.2, 0.25) is 0 Å². The van der Waals surface area contributed by atoms with Crippen LogP contribution >= 0.6 is 0 Å². The van der Waals surface area contributed by atoms with E-state index in [1.807, 2.05) is 13.8 Å². The van der Waals surface area contributed by atoms with Crippen LogP contribution in [0.1, 0.15) is 31.7 Å². The molecule has 22 heavy (non-hydrogen) atoms. The zero-order chi connectivity index (χ0) is 15.7. The number of fused-ring (bicyclic) bond motifs is 1. The minimum absolute atomic E-state index is 0.0283. The highest BCUT2D eigenvalue weighted by atomic mass is 32.2. The Kier molecular flexibility index (Phi) is 3.73. The largest absolute Gasteiger partial charge is 0.477 e. The van der Waals surface area contributed by atoms with Crippen molar-refractivity contribution in [1.29, 1.82) is 0 Å². The molecule has 0 spiro atoms. The fourth-order valence-corrected chi connectivity index (χ4v) is 3.37. The van der Waals surface area contributed by atoms with Gasteiger partial charge >= 0.3 is 0 Å². The highest BCUT2D eigenvalue weighted by Gasteiger charge is 2.27. The van der Waals surface area contributed by atoms with Crippen LogP contribution in [0.15, 0.2) is 23.6 Å². The molecule has 0 aromatic carbocycles. The zero-order valence-electron chi connectivity index (χ0n) is 12.4. The van der Waals surface area contributed by atoms with Gasteiger partial charge < -0.3 is 4.74 Å². The third kappa shape index (κ3) is 2.63. The van der Waals surface area contributed by atoms with Crippen LogP contribution in [0.25, 0.3) is 0 Å². The lowest BCUT2D eigenvalue weighted by atomic mass is 10.1. The van der Waals surface area contributed by atoms with E-state index in [0.29, 0.717) is 13.2 Å². The molecule has 0 saturated heterocycles. The summed E-state index contributed by atoms with van der Waals surface area (Å²) in [4.78, 5) is 8.01. The number of nitrogens with zero attached hydrogens (tertiary/aromatic N) is 4. The van der Waals surface area contributed by atoms with Gasteiger partial charge in [0.2, 0.25) is 5.88 Å². The van der Waals surface area contributed by atoms with E-state index in [1.165, 1.54) is 12.5 Å². The van der Waals surface area contributed by atoms with Gasteiger partial charge in [0.15, 0.2) is 4.90 Å². The Morgan fingerprint density at radius 3 is 2.95 bits per heavy atom. The number of rotatable bonds is 4. The maximum absolute atomic E-state index is 12.6. The maximum atomic E-state index is 12.6. The van der Waals surface area contributed by atoms with Gasteiger partial charge in [-0.15, -0.1) is 0 Å². The first-order chi connectivity index (χ1) is 10.5. The molecule has 1 aliphatic heterocycles. The number of aromatic nitrogens is 4. The van der Waals surface area contributed by atoms with Gasteiger partial charge in [0, 0.05) is 24.7 Å².